The highest BCUT2D eigenvalue weighted by molar-refractivity contribution is 5.78. The van der Waals surface area contributed by atoms with Crippen LogP contribution in [0.5, 0.6) is 0 Å². The molecule has 18 heavy (non-hydrogen) atoms. The second-order valence-corrected chi connectivity index (χ2v) is 4.98. The molecule has 0 bridgehead atoms. The summed E-state index contributed by atoms with van der Waals surface area (Å²) in [5.41, 5.74) is -0.750. The molecule has 0 aromatic rings. The molecular formula is C12H23N3O3. The zero-order valence-electron chi connectivity index (χ0n) is 11.2. The van der Waals surface area contributed by atoms with Gasteiger partial charge < -0.3 is 20.6 Å². The van der Waals surface area contributed by atoms with Gasteiger partial charge in [0.15, 0.2) is 0 Å². The Hall–Kier alpha value is -1.30. The number of nitrogens with one attached hydrogen (secondary N) is 2. The lowest BCUT2D eigenvalue weighted by Gasteiger charge is -2.26. The van der Waals surface area contributed by atoms with Crippen molar-refractivity contribution < 1.29 is 14.7 Å². The van der Waals surface area contributed by atoms with E-state index in [1.807, 2.05) is 7.05 Å². The number of aliphatic carboxylic acids is 1. The smallest absolute Gasteiger partial charge is 0.317 e. The lowest BCUT2D eigenvalue weighted by Crippen LogP contribution is -2.46. The van der Waals surface area contributed by atoms with E-state index < -0.39 is 11.4 Å². The van der Waals surface area contributed by atoms with Gasteiger partial charge in [0.25, 0.3) is 0 Å². The molecule has 0 aromatic heterocycles. The van der Waals surface area contributed by atoms with Gasteiger partial charge in [0.1, 0.15) is 0 Å². The van der Waals surface area contributed by atoms with Gasteiger partial charge in [-0.15, -0.1) is 0 Å². The third-order valence-corrected chi connectivity index (χ3v) is 3.64. The summed E-state index contributed by atoms with van der Waals surface area (Å²) >= 11 is 0. The molecule has 6 heteroatoms. The first-order valence-electron chi connectivity index (χ1n) is 6.39. The van der Waals surface area contributed by atoms with E-state index in [4.69, 9.17) is 0 Å². The van der Waals surface area contributed by atoms with Crippen molar-refractivity contribution in [3.8, 4) is 0 Å². The molecule has 6 nitrogen and oxygen atoms in total. The Morgan fingerprint density at radius 3 is 2.44 bits per heavy atom. The number of amides is 2. The molecule has 0 atom stereocenters. The Balaban J connectivity index is 2.43. The van der Waals surface area contributed by atoms with Gasteiger partial charge in [-0.3, -0.25) is 4.79 Å². The Morgan fingerprint density at radius 2 is 1.94 bits per heavy atom. The molecule has 0 unspecified atom stereocenters. The number of rotatable bonds is 6. The Bertz CT molecular complexity index is 301. The van der Waals surface area contributed by atoms with Crippen molar-refractivity contribution in [2.75, 3.05) is 33.7 Å². The van der Waals surface area contributed by atoms with Crippen molar-refractivity contribution in [1.29, 1.82) is 0 Å². The van der Waals surface area contributed by atoms with E-state index in [-0.39, 0.29) is 12.6 Å². The predicted molar refractivity (Wildman–Crippen MR) is 68.5 cm³/mol. The van der Waals surface area contributed by atoms with E-state index in [1.54, 1.807) is 11.9 Å². The van der Waals surface area contributed by atoms with Gasteiger partial charge in [-0.05, 0) is 19.9 Å². The number of likely N-dealkylation sites (N-methyl/N-ethyl adjacent to an activating group) is 2. The zero-order chi connectivity index (χ0) is 13.6. The highest BCUT2D eigenvalue weighted by atomic mass is 16.4. The summed E-state index contributed by atoms with van der Waals surface area (Å²) in [5, 5.41) is 15.0. The summed E-state index contributed by atoms with van der Waals surface area (Å²) in [5.74, 6) is -0.793. The van der Waals surface area contributed by atoms with Gasteiger partial charge in [0, 0.05) is 26.7 Å². The van der Waals surface area contributed by atoms with Crippen molar-refractivity contribution in [1.82, 2.24) is 15.5 Å². The Kier molecular flexibility index (Phi) is 5.40. The van der Waals surface area contributed by atoms with Crippen LogP contribution in [0.4, 0.5) is 4.79 Å². The van der Waals surface area contributed by atoms with Gasteiger partial charge in [-0.25, -0.2) is 4.79 Å². The van der Waals surface area contributed by atoms with Crippen LogP contribution in [0.3, 0.4) is 0 Å². The number of carbonyl (C=O) groups is 2. The van der Waals surface area contributed by atoms with E-state index in [0.29, 0.717) is 25.9 Å². The third-order valence-electron chi connectivity index (χ3n) is 3.64. The standard InChI is InChI=1S/C12H23N3O3/c1-13-7-8-15(2)11(18)14-9-12(10(16)17)5-3-4-6-12/h13H,3-9H2,1-2H3,(H,14,18)(H,16,17). The number of urea groups is 1. The number of carboxylic acid groups (broad SMARTS) is 1. The normalized spacial score (nSPS) is 17.4. The largest absolute Gasteiger partial charge is 0.481 e. The van der Waals surface area contributed by atoms with Crippen LogP contribution in [0.15, 0.2) is 0 Å². The van der Waals surface area contributed by atoms with Crippen molar-refractivity contribution in [2.45, 2.75) is 25.7 Å². The monoisotopic (exact) mass is 257 g/mol. The molecule has 0 heterocycles. The first-order valence-corrected chi connectivity index (χ1v) is 6.39. The molecule has 1 saturated carbocycles. The fourth-order valence-corrected chi connectivity index (χ4v) is 2.28. The molecule has 0 radical (unpaired) electrons. The molecule has 0 aromatic carbocycles. The molecule has 2 amide bonds. The summed E-state index contributed by atoms with van der Waals surface area (Å²) in [4.78, 5) is 24.6. The minimum absolute atomic E-state index is 0.210. The summed E-state index contributed by atoms with van der Waals surface area (Å²) in [6.45, 7) is 1.54. The topological polar surface area (TPSA) is 81.7 Å². The fraction of sp³-hybridized carbons (Fsp3) is 0.833. The summed E-state index contributed by atoms with van der Waals surface area (Å²) in [6, 6.07) is -0.210. The molecule has 1 rings (SSSR count). The molecule has 0 aliphatic heterocycles. The SMILES string of the molecule is CNCCN(C)C(=O)NCC1(C(=O)O)CCCC1. The van der Waals surface area contributed by atoms with E-state index in [9.17, 15) is 14.7 Å². The molecule has 1 fully saturated rings. The quantitative estimate of drug-likeness (QED) is 0.647. The van der Waals surface area contributed by atoms with E-state index in [2.05, 4.69) is 10.6 Å². The predicted octanol–water partition coefficient (Wildman–Crippen LogP) is 0.492. The van der Waals surface area contributed by atoms with Gasteiger partial charge in [0.2, 0.25) is 0 Å². The average Bonchev–Trinajstić information content (AvgIpc) is 2.83. The number of nitrogens with zero attached hydrogens (tertiary/aromatic N) is 1. The van der Waals surface area contributed by atoms with Crippen molar-refractivity contribution in [3.63, 3.8) is 0 Å². The van der Waals surface area contributed by atoms with Crippen molar-refractivity contribution >= 4 is 12.0 Å². The zero-order valence-corrected chi connectivity index (χ0v) is 11.2. The summed E-state index contributed by atoms with van der Waals surface area (Å²) in [7, 11) is 3.53. The van der Waals surface area contributed by atoms with Crippen LogP contribution in [0.2, 0.25) is 0 Å². The van der Waals surface area contributed by atoms with Gasteiger partial charge in [0.05, 0.1) is 5.41 Å². The number of hydrogen-bond donors (Lipinski definition) is 3. The van der Waals surface area contributed by atoms with Crippen LogP contribution in [-0.2, 0) is 4.79 Å². The molecule has 1 aliphatic carbocycles. The average molecular weight is 257 g/mol. The van der Waals surface area contributed by atoms with Crippen LogP contribution in [0.1, 0.15) is 25.7 Å². The van der Waals surface area contributed by atoms with Crippen LogP contribution < -0.4 is 10.6 Å². The van der Waals surface area contributed by atoms with Gasteiger partial charge in [-0.1, -0.05) is 12.8 Å². The lowest BCUT2D eigenvalue weighted by molar-refractivity contribution is -0.148. The van der Waals surface area contributed by atoms with Crippen LogP contribution in [-0.4, -0.2) is 55.7 Å². The maximum Gasteiger partial charge on any atom is 0.317 e. The van der Waals surface area contributed by atoms with E-state index in [1.165, 1.54) is 0 Å². The molecule has 0 spiro atoms. The second-order valence-electron chi connectivity index (χ2n) is 4.98. The molecular weight excluding hydrogens is 234 g/mol. The van der Waals surface area contributed by atoms with Crippen molar-refractivity contribution in [2.24, 2.45) is 5.41 Å². The minimum Gasteiger partial charge on any atom is -0.481 e. The van der Waals surface area contributed by atoms with Crippen molar-refractivity contribution in [3.05, 3.63) is 0 Å². The van der Waals surface area contributed by atoms with Crippen LogP contribution in [0.25, 0.3) is 0 Å². The Morgan fingerprint density at radius 1 is 1.33 bits per heavy atom. The van der Waals surface area contributed by atoms with Crippen LogP contribution >= 0.6 is 0 Å². The summed E-state index contributed by atoms with van der Waals surface area (Å²) < 4.78 is 0. The lowest BCUT2D eigenvalue weighted by atomic mass is 9.86. The number of carboxylic acids is 1. The number of carbonyl (C=O) groups excluding carboxylic acids is 1. The molecule has 104 valence electrons. The van der Waals surface area contributed by atoms with E-state index >= 15 is 0 Å². The fourth-order valence-electron chi connectivity index (χ4n) is 2.28. The maximum atomic E-state index is 11.8. The first kappa shape index (κ1) is 14.8. The minimum atomic E-state index is -0.793. The molecule has 1 aliphatic rings. The molecule has 0 saturated heterocycles. The maximum absolute atomic E-state index is 11.8. The third kappa shape index (κ3) is 3.60. The number of hydrogen-bond acceptors (Lipinski definition) is 3. The molecule has 3 N–H and O–H groups in total. The Labute approximate surface area is 108 Å². The van der Waals surface area contributed by atoms with E-state index in [0.717, 1.165) is 12.8 Å². The first-order chi connectivity index (χ1) is 8.52. The van der Waals surface area contributed by atoms with Crippen LogP contribution in [0, 0.1) is 5.41 Å². The highest BCUT2D eigenvalue weighted by Crippen LogP contribution is 2.37. The van der Waals surface area contributed by atoms with Gasteiger partial charge in [-0.2, -0.15) is 0 Å². The highest BCUT2D eigenvalue weighted by Gasteiger charge is 2.41. The van der Waals surface area contributed by atoms with Gasteiger partial charge >= 0.3 is 12.0 Å². The summed E-state index contributed by atoms with van der Waals surface area (Å²) in [6.07, 6.45) is 3.17. The second kappa shape index (κ2) is 6.58.